The summed E-state index contributed by atoms with van der Waals surface area (Å²) in [6.07, 6.45) is 1.45. The van der Waals surface area contributed by atoms with E-state index < -0.39 is 0 Å². The van der Waals surface area contributed by atoms with Gasteiger partial charge in [0.1, 0.15) is 6.26 Å². The third-order valence-corrected chi connectivity index (χ3v) is 5.25. The number of oxazole rings is 1. The van der Waals surface area contributed by atoms with Crippen LogP contribution in [0.15, 0.2) is 65.3 Å². The van der Waals surface area contributed by atoms with Gasteiger partial charge in [-0.05, 0) is 23.3 Å². The summed E-state index contributed by atoms with van der Waals surface area (Å²) in [4.78, 5) is 21.1. The maximum Gasteiger partial charge on any atom is 0.275 e. The van der Waals surface area contributed by atoms with Gasteiger partial charge in [0.2, 0.25) is 5.89 Å². The van der Waals surface area contributed by atoms with Crippen molar-refractivity contribution in [3.05, 3.63) is 88.6 Å². The van der Waals surface area contributed by atoms with Crippen LogP contribution in [0.2, 0.25) is 5.02 Å². The Morgan fingerprint density at radius 2 is 1.63 bits per heavy atom. The molecule has 4 rings (SSSR count). The summed E-state index contributed by atoms with van der Waals surface area (Å²) in [5.74, 6) is 0.414. The monoisotopic (exact) mass is 425 g/mol. The predicted octanol–water partition coefficient (Wildman–Crippen LogP) is 4.00. The van der Waals surface area contributed by atoms with Crippen LogP contribution >= 0.6 is 11.6 Å². The van der Waals surface area contributed by atoms with Crippen molar-refractivity contribution in [2.24, 2.45) is 0 Å². The molecule has 0 unspecified atom stereocenters. The molecule has 0 N–H and O–H groups in total. The molecule has 2 aromatic carbocycles. The highest BCUT2D eigenvalue weighted by Gasteiger charge is 2.22. The third kappa shape index (κ3) is 5.48. The van der Waals surface area contributed by atoms with E-state index in [1.54, 1.807) is 4.90 Å². The Morgan fingerprint density at radius 3 is 2.33 bits per heavy atom. The standard InChI is InChI=1S/C23H24ClN3O3/c24-20-8-6-19(7-9-20)15-26(14-18-4-2-1-3-5-18)16-22-25-21(17-30-22)23(28)27-10-12-29-13-11-27/h1-9,17H,10-16H2. The highest BCUT2D eigenvalue weighted by atomic mass is 35.5. The number of carbonyl (C=O) groups is 1. The average molecular weight is 426 g/mol. The SMILES string of the molecule is O=C(c1coc(CN(Cc2ccccc2)Cc2ccc(Cl)cc2)n1)N1CCOCC1. The van der Waals surface area contributed by atoms with Crippen LogP contribution in [0.25, 0.3) is 0 Å². The van der Waals surface area contributed by atoms with Gasteiger partial charge in [0.25, 0.3) is 5.91 Å². The number of rotatable bonds is 7. The lowest BCUT2D eigenvalue weighted by molar-refractivity contribution is 0.0299. The van der Waals surface area contributed by atoms with Crippen LogP contribution in [0, 0.1) is 0 Å². The summed E-state index contributed by atoms with van der Waals surface area (Å²) < 4.78 is 11.0. The minimum Gasteiger partial charge on any atom is -0.447 e. The number of morpholine rings is 1. The third-order valence-electron chi connectivity index (χ3n) is 5.00. The summed E-state index contributed by atoms with van der Waals surface area (Å²) in [6, 6.07) is 18.1. The topological polar surface area (TPSA) is 58.8 Å². The molecular formula is C23H24ClN3O3. The van der Waals surface area contributed by atoms with Crippen molar-refractivity contribution in [1.82, 2.24) is 14.8 Å². The van der Waals surface area contributed by atoms with E-state index in [9.17, 15) is 4.79 Å². The molecule has 1 fully saturated rings. The van der Waals surface area contributed by atoms with Crippen LogP contribution in [0.5, 0.6) is 0 Å². The van der Waals surface area contributed by atoms with Gasteiger partial charge < -0.3 is 14.1 Å². The van der Waals surface area contributed by atoms with Gasteiger partial charge in [-0.3, -0.25) is 9.69 Å². The van der Waals surface area contributed by atoms with Gasteiger partial charge in [-0.25, -0.2) is 4.98 Å². The zero-order chi connectivity index (χ0) is 20.8. The lowest BCUT2D eigenvalue weighted by Gasteiger charge is -2.25. The van der Waals surface area contributed by atoms with Crippen LogP contribution in [-0.4, -0.2) is 47.0 Å². The van der Waals surface area contributed by atoms with Gasteiger partial charge in [-0.2, -0.15) is 0 Å². The first kappa shape index (κ1) is 20.6. The molecule has 1 saturated heterocycles. The first-order chi connectivity index (χ1) is 14.7. The van der Waals surface area contributed by atoms with Crippen molar-refractivity contribution < 1.29 is 13.9 Å². The molecule has 7 heteroatoms. The summed E-state index contributed by atoms with van der Waals surface area (Å²) in [7, 11) is 0. The molecule has 6 nitrogen and oxygen atoms in total. The van der Waals surface area contributed by atoms with Crippen LogP contribution in [0.1, 0.15) is 27.5 Å². The number of benzene rings is 2. The van der Waals surface area contributed by atoms with Crippen LogP contribution in [0.4, 0.5) is 0 Å². The van der Waals surface area contributed by atoms with E-state index in [4.69, 9.17) is 20.8 Å². The van der Waals surface area contributed by atoms with Crippen molar-refractivity contribution in [3.8, 4) is 0 Å². The van der Waals surface area contributed by atoms with Crippen molar-refractivity contribution in [2.45, 2.75) is 19.6 Å². The number of aromatic nitrogens is 1. The summed E-state index contributed by atoms with van der Waals surface area (Å²) in [5, 5.41) is 0.715. The van der Waals surface area contributed by atoms with Crippen LogP contribution < -0.4 is 0 Å². The first-order valence-electron chi connectivity index (χ1n) is 9.99. The number of hydrogen-bond donors (Lipinski definition) is 0. The molecule has 1 aliphatic heterocycles. The fourth-order valence-corrected chi connectivity index (χ4v) is 3.58. The lowest BCUT2D eigenvalue weighted by Crippen LogP contribution is -2.40. The molecule has 1 aromatic heterocycles. The molecule has 0 aliphatic carbocycles. The summed E-state index contributed by atoms with van der Waals surface area (Å²) >= 11 is 6.02. The normalized spacial score (nSPS) is 14.3. The van der Waals surface area contributed by atoms with E-state index in [0.29, 0.717) is 56.0 Å². The molecule has 30 heavy (non-hydrogen) atoms. The number of halogens is 1. The summed E-state index contributed by atoms with van der Waals surface area (Å²) in [5.41, 5.74) is 2.69. The van der Waals surface area contributed by atoms with Gasteiger partial charge in [0, 0.05) is 31.2 Å². The second kappa shape index (κ2) is 9.89. The average Bonchev–Trinajstić information content (AvgIpc) is 3.24. The quantitative estimate of drug-likeness (QED) is 0.572. The minimum atomic E-state index is -0.111. The van der Waals surface area contributed by atoms with E-state index in [1.165, 1.54) is 11.8 Å². The maximum atomic E-state index is 12.6. The smallest absolute Gasteiger partial charge is 0.275 e. The fourth-order valence-electron chi connectivity index (χ4n) is 3.46. The molecule has 0 radical (unpaired) electrons. The molecule has 2 heterocycles. The van der Waals surface area contributed by atoms with E-state index >= 15 is 0 Å². The molecule has 0 spiro atoms. The molecular weight excluding hydrogens is 402 g/mol. The minimum absolute atomic E-state index is 0.111. The van der Waals surface area contributed by atoms with E-state index in [1.807, 2.05) is 42.5 Å². The molecule has 0 atom stereocenters. The Morgan fingerprint density at radius 1 is 0.967 bits per heavy atom. The van der Waals surface area contributed by atoms with E-state index in [-0.39, 0.29) is 5.91 Å². The fraction of sp³-hybridized carbons (Fsp3) is 0.304. The molecule has 1 amide bonds. The van der Waals surface area contributed by atoms with Crippen molar-refractivity contribution in [3.63, 3.8) is 0 Å². The second-order valence-electron chi connectivity index (χ2n) is 7.29. The second-order valence-corrected chi connectivity index (χ2v) is 7.72. The highest BCUT2D eigenvalue weighted by molar-refractivity contribution is 6.30. The van der Waals surface area contributed by atoms with Crippen LogP contribution in [0.3, 0.4) is 0 Å². The number of carbonyl (C=O) groups excluding carboxylic acids is 1. The lowest BCUT2D eigenvalue weighted by atomic mass is 10.1. The molecule has 3 aromatic rings. The van der Waals surface area contributed by atoms with E-state index in [2.05, 4.69) is 22.0 Å². The molecule has 1 aliphatic rings. The Kier molecular flexibility index (Phi) is 6.79. The summed E-state index contributed by atoms with van der Waals surface area (Å²) in [6.45, 7) is 4.22. The maximum absolute atomic E-state index is 12.6. The van der Waals surface area contributed by atoms with E-state index in [0.717, 1.165) is 12.1 Å². The van der Waals surface area contributed by atoms with Crippen molar-refractivity contribution in [2.75, 3.05) is 26.3 Å². The van der Waals surface area contributed by atoms with Gasteiger partial charge in [-0.15, -0.1) is 0 Å². The molecule has 0 bridgehead atoms. The van der Waals surface area contributed by atoms with Crippen molar-refractivity contribution in [1.29, 1.82) is 0 Å². The van der Waals surface area contributed by atoms with Crippen LogP contribution in [-0.2, 0) is 24.4 Å². The number of nitrogens with zero attached hydrogens (tertiary/aromatic N) is 3. The Balaban J connectivity index is 1.47. The number of amides is 1. The Labute approximate surface area is 181 Å². The Bertz CT molecular complexity index is 953. The number of hydrogen-bond acceptors (Lipinski definition) is 5. The van der Waals surface area contributed by atoms with Gasteiger partial charge in [-0.1, -0.05) is 54.1 Å². The zero-order valence-corrected chi connectivity index (χ0v) is 17.4. The van der Waals surface area contributed by atoms with Gasteiger partial charge >= 0.3 is 0 Å². The van der Waals surface area contributed by atoms with Gasteiger partial charge in [0.05, 0.1) is 19.8 Å². The highest BCUT2D eigenvalue weighted by Crippen LogP contribution is 2.17. The Hall–Kier alpha value is -2.67. The first-order valence-corrected chi connectivity index (χ1v) is 10.4. The largest absolute Gasteiger partial charge is 0.447 e. The molecule has 0 saturated carbocycles. The van der Waals surface area contributed by atoms with Gasteiger partial charge in [0.15, 0.2) is 5.69 Å². The van der Waals surface area contributed by atoms with Crippen molar-refractivity contribution >= 4 is 17.5 Å². The zero-order valence-electron chi connectivity index (χ0n) is 16.7. The molecule has 156 valence electrons. The number of ether oxygens (including phenoxy) is 1. The predicted molar refractivity (Wildman–Crippen MR) is 114 cm³/mol.